The fourth-order valence-electron chi connectivity index (χ4n) is 2.58. The molecule has 0 saturated carbocycles. The molecule has 0 aromatic heterocycles. The van der Waals surface area contributed by atoms with Crippen LogP contribution in [0, 0.1) is 5.82 Å². The van der Waals surface area contributed by atoms with Crippen LogP contribution in [-0.2, 0) is 11.3 Å². The molecule has 0 aliphatic rings. The van der Waals surface area contributed by atoms with Gasteiger partial charge in [-0.15, -0.1) is 0 Å². The Hall–Kier alpha value is -3.20. The Bertz CT molecular complexity index is 968. The number of methoxy groups -OCH3 is 2. The lowest BCUT2D eigenvalue weighted by Crippen LogP contribution is -2.21. The highest BCUT2D eigenvalue weighted by Crippen LogP contribution is 2.25. The fraction of sp³-hybridized carbons (Fsp3) is 0.238. The predicted octanol–water partition coefficient (Wildman–Crippen LogP) is 4.00. The highest BCUT2D eigenvalue weighted by Gasteiger charge is 2.12. The van der Waals surface area contributed by atoms with Crippen LogP contribution in [0.25, 0.3) is 5.70 Å². The highest BCUT2D eigenvalue weighted by atomic mass is 35.5. The lowest BCUT2D eigenvalue weighted by Gasteiger charge is -2.16. The summed E-state index contributed by atoms with van der Waals surface area (Å²) in [5.74, 6) is 0.174. The number of rotatable bonds is 10. The summed E-state index contributed by atoms with van der Waals surface area (Å²) in [5, 5.41) is 3.23. The van der Waals surface area contributed by atoms with E-state index in [1.165, 1.54) is 32.4 Å². The quantitative estimate of drug-likeness (QED) is 0.369. The Kier molecular flexibility index (Phi) is 8.75. The van der Waals surface area contributed by atoms with Gasteiger partial charge >= 0.3 is 0 Å². The first-order valence-corrected chi connectivity index (χ1v) is 9.41. The number of ether oxygens (including phenoxy) is 3. The highest BCUT2D eigenvalue weighted by molar-refractivity contribution is 6.30. The Morgan fingerprint density at radius 3 is 2.52 bits per heavy atom. The summed E-state index contributed by atoms with van der Waals surface area (Å²) in [6.45, 7) is -0.745. The van der Waals surface area contributed by atoms with E-state index in [9.17, 15) is 13.2 Å². The van der Waals surface area contributed by atoms with Gasteiger partial charge in [0.25, 0.3) is 6.43 Å². The number of nitrogens with two attached hydrogens (primary N) is 2. The van der Waals surface area contributed by atoms with E-state index in [2.05, 4.69) is 5.32 Å². The SMILES string of the molecule is COc1ccc(CNC(/C=C(\N)c2cc(Cl)ccc2F)=C(/N)OCC(F)F)c(OC)c1. The van der Waals surface area contributed by atoms with Crippen molar-refractivity contribution in [1.82, 2.24) is 5.32 Å². The van der Waals surface area contributed by atoms with Gasteiger partial charge < -0.3 is 31.0 Å². The van der Waals surface area contributed by atoms with Crippen molar-refractivity contribution >= 4 is 17.3 Å². The van der Waals surface area contributed by atoms with Crippen molar-refractivity contribution in [2.45, 2.75) is 13.0 Å². The maximum Gasteiger partial charge on any atom is 0.272 e. The monoisotopic (exact) mass is 457 g/mol. The van der Waals surface area contributed by atoms with Gasteiger partial charge in [0.15, 0.2) is 6.61 Å². The van der Waals surface area contributed by atoms with Crippen molar-refractivity contribution in [3.05, 3.63) is 76.0 Å². The van der Waals surface area contributed by atoms with Crippen molar-refractivity contribution in [2.24, 2.45) is 11.5 Å². The number of alkyl halides is 2. The average Bonchev–Trinajstić information content (AvgIpc) is 2.76. The number of allylic oxidation sites excluding steroid dienone is 1. The number of nitrogens with one attached hydrogen (secondary N) is 1. The molecule has 2 rings (SSSR count). The molecule has 0 spiro atoms. The Balaban J connectivity index is 2.35. The summed E-state index contributed by atoms with van der Waals surface area (Å²) in [5.41, 5.74) is 12.6. The molecule has 5 N–H and O–H groups in total. The van der Waals surface area contributed by atoms with Crippen LogP contribution in [0.4, 0.5) is 13.2 Å². The Morgan fingerprint density at radius 1 is 1.13 bits per heavy atom. The largest absolute Gasteiger partial charge is 0.497 e. The molecule has 0 atom stereocenters. The molecular weight excluding hydrogens is 435 g/mol. The molecular formula is C21H23ClF3N3O3. The molecule has 0 saturated heterocycles. The molecule has 168 valence electrons. The summed E-state index contributed by atoms with van der Waals surface area (Å²) in [4.78, 5) is 0. The summed E-state index contributed by atoms with van der Waals surface area (Å²) in [6.07, 6.45) is -1.45. The first-order chi connectivity index (χ1) is 14.7. The van der Waals surface area contributed by atoms with Crippen LogP contribution in [0.15, 0.2) is 54.1 Å². The summed E-state index contributed by atoms with van der Waals surface area (Å²) in [7, 11) is 3.02. The fourth-order valence-corrected chi connectivity index (χ4v) is 2.75. The van der Waals surface area contributed by atoms with E-state index < -0.39 is 18.8 Å². The number of halogens is 4. The molecule has 0 aliphatic heterocycles. The third kappa shape index (κ3) is 6.92. The van der Waals surface area contributed by atoms with Crippen LogP contribution in [-0.4, -0.2) is 27.3 Å². The minimum absolute atomic E-state index is 0.0236. The van der Waals surface area contributed by atoms with Crippen molar-refractivity contribution in [3.8, 4) is 11.5 Å². The maximum atomic E-state index is 14.1. The van der Waals surface area contributed by atoms with Crippen LogP contribution < -0.4 is 26.3 Å². The van der Waals surface area contributed by atoms with E-state index in [4.69, 9.17) is 37.3 Å². The zero-order valence-corrected chi connectivity index (χ0v) is 17.7. The van der Waals surface area contributed by atoms with Gasteiger partial charge in [-0.05, 0) is 36.4 Å². The smallest absolute Gasteiger partial charge is 0.272 e. The Morgan fingerprint density at radius 2 is 1.87 bits per heavy atom. The van der Waals surface area contributed by atoms with Gasteiger partial charge in [-0.25, -0.2) is 13.2 Å². The van der Waals surface area contributed by atoms with Gasteiger partial charge in [-0.2, -0.15) is 0 Å². The lowest BCUT2D eigenvalue weighted by atomic mass is 10.1. The van der Waals surface area contributed by atoms with Gasteiger partial charge in [0.1, 0.15) is 17.3 Å². The minimum atomic E-state index is -2.73. The average molecular weight is 458 g/mol. The van der Waals surface area contributed by atoms with Gasteiger partial charge in [0.05, 0.1) is 19.9 Å². The molecule has 0 radical (unpaired) electrons. The number of hydrogen-bond acceptors (Lipinski definition) is 6. The van der Waals surface area contributed by atoms with Crippen molar-refractivity contribution in [2.75, 3.05) is 20.8 Å². The molecule has 31 heavy (non-hydrogen) atoms. The van der Waals surface area contributed by atoms with Crippen LogP contribution in [0.3, 0.4) is 0 Å². The number of hydrogen-bond donors (Lipinski definition) is 3. The summed E-state index contributed by atoms with van der Waals surface area (Å²) >= 11 is 5.91. The normalized spacial score (nSPS) is 12.4. The number of benzene rings is 2. The molecule has 2 aromatic carbocycles. The molecule has 0 amide bonds. The third-order valence-corrected chi connectivity index (χ3v) is 4.37. The van der Waals surface area contributed by atoms with E-state index in [0.29, 0.717) is 17.1 Å². The maximum absolute atomic E-state index is 14.1. The summed E-state index contributed by atoms with van der Waals surface area (Å²) < 4.78 is 54.6. The van der Waals surface area contributed by atoms with E-state index in [1.807, 2.05) is 0 Å². The van der Waals surface area contributed by atoms with Crippen molar-refractivity contribution in [1.29, 1.82) is 0 Å². The summed E-state index contributed by atoms with van der Waals surface area (Å²) in [6, 6.07) is 9.03. The van der Waals surface area contributed by atoms with E-state index in [0.717, 1.165) is 6.07 Å². The van der Waals surface area contributed by atoms with Gasteiger partial charge in [0, 0.05) is 34.5 Å². The molecule has 0 fully saturated rings. The lowest BCUT2D eigenvalue weighted by molar-refractivity contribution is 0.0466. The molecule has 0 aliphatic carbocycles. The standard InChI is InChI=1S/C21H23ClF3N3O3/c1-29-14-5-3-12(19(8-14)30-2)10-28-18(21(27)31-11-20(24)25)9-17(26)15-7-13(22)4-6-16(15)23/h3-9,20,28H,10-11,26-27H2,1-2H3/b17-9-,21-18-. The van der Waals surface area contributed by atoms with E-state index in [1.54, 1.807) is 18.2 Å². The molecule has 10 heteroatoms. The second kappa shape index (κ2) is 11.3. The van der Waals surface area contributed by atoms with E-state index in [-0.39, 0.29) is 34.4 Å². The van der Waals surface area contributed by atoms with Crippen molar-refractivity contribution in [3.63, 3.8) is 0 Å². The Labute approximate surface area is 183 Å². The first kappa shape index (κ1) is 24.1. The van der Waals surface area contributed by atoms with Crippen molar-refractivity contribution < 1.29 is 27.4 Å². The third-order valence-electron chi connectivity index (χ3n) is 4.13. The zero-order chi connectivity index (χ0) is 23.0. The van der Waals surface area contributed by atoms with Gasteiger partial charge in [-0.3, -0.25) is 0 Å². The van der Waals surface area contributed by atoms with Gasteiger partial charge in [-0.1, -0.05) is 11.6 Å². The van der Waals surface area contributed by atoms with Crippen LogP contribution in [0.5, 0.6) is 11.5 Å². The zero-order valence-electron chi connectivity index (χ0n) is 16.9. The molecule has 0 heterocycles. The topological polar surface area (TPSA) is 91.8 Å². The van der Waals surface area contributed by atoms with Gasteiger partial charge in [0.2, 0.25) is 5.88 Å². The van der Waals surface area contributed by atoms with Crippen LogP contribution in [0.2, 0.25) is 5.02 Å². The molecule has 2 aromatic rings. The molecule has 0 unspecified atom stereocenters. The second-order valence-electron chi connectivity index (χ2n) is 6.24. The van der Waals surface area contributed by atoms with Crippen LogP contribution in [0.1, 0.15) is 11.1 Å². The molecule has 6 nitrogen and oxygen atoms in total. The minimum Gasteiger partial charge on any atom is -0.497 e. The predicted molar refractivity (Wildman–Crippen MR) is 113 cm³/mol. The van der Waals surface area contributed by atoms with Crippen LogP contribution >= 0.6 is 11.6 Å². The first-order valence-electron chi connectivity index (χ1n) is 9.03. The molecule has 0 bridgehead atoms. The second-order valence-corrected chi connectivity index (χ2v) is 6.67. The van der Waals surface area contributed by atoms with E-state index >= 15 is 0 Å².